The summed E-state index contributed by atoms with van der Waals surface area (Å²) in [5.41, 5.74) is 0. The minimum Gasteiger partial charge on any atom is -0.397 e. The van der Waals surface area contributed by atoms with Crippen LogP contribution >= 0.6 is 0 Å². The lowest BCUT2D eigenvalue weighted by Gasteiger charge is -2.04. The summed E-state index contributed by atoms with van der Waals surface area (Å²) in [5, 5.41) is 16.3. The second kappa shape index (κ2) is 34.5. The van der Waals surface area contributed by atoms with Gasteiger partial charge >= 0.3 is 0 Å². The Morgan fingerprint density at radius 2 is 0.452 bits per heavy atom. The molecule has 0 aromatic rings. The number of aliphatic hydroxyl groups is 2. The molecule has 2 nitrogen and oxygen atoms in total. The highest BCUT2D eigenvalue weighted by atomic mass is 16.3. The van der Waals surface area contributed by atoms with Gasteiger partial charge in [-0.3, -0.25) is 0 Å². The van der Waals surface area contributed by atoms with Crippen molar-refractivity contribution in [2.24, 2.45) is 0 Å². The molecule has 0 unspecified atom stereocenters. The van der Waals surface area contributed by atoms with Crippen molar-refractivity contribution in [1.29, 1.82) is 0 Å². The molecule has 0 saturated carbocycles. The highest BCUT2D eigenvalue weighted by molar-refractivity contribution is 4.51. The van der Waals surface area contributed by atoms with Crippen molar-refractivity contribution < 1.29 is 10.2 Å². The largest absolute Gasteiger partial charge is 0.397 e. The molecule has 0 aromatic heterocycles. The Balaban J connectivity index is 0. The molecule has 0 heterocycles. The quantitative estimate of drug-likeness (QED) is 0.138. The lowest BCUT2D eigenvalue weighted by Crippen LogP contribution is -1.85. The molecule has 190 valence electrons. The number of unbranched alkanes of at least 4 members (excludes halogenated alkanes) is 24. The van der Waals surface area contributed by atoms with Crippen LogP contribution in [0.3, 0.4) is 0 Å². The SMILES string of the molecule is CCCCCCCCCCCCCCCCCCCCCCCCCCCO.CCO. The number of hydrogen-bond donors (Lipinski definition) is 2. The number of aliphatic hydroxyl groups excluding tert-OH is 2. The predicted octanol–water partition coefficient (Wildman–Crippen LogP) is 9.75. The van der Waals surface area contributed by atoms with E-state index in [9.17, 15) is 0 Å². The summed E-state index contributed by atoms with van der Waals surface area (Å²) in [5.74, 6) is 0. The molecule has 0 saturated heterocycles. The molecule has 2 N–H and O–H groups in total. The van der Waals surface area contributed by atoms with Crippen LogP contribution in [-0.4, -0.2) is 23.4 Å². The van der Waals surface area contributed by atoms with Crippen molar-refractivity contribution in [1.82, 2.24) is 0 Å². The highest BCUT2D eigenvalue weighted by Gasteiger charge is 1.96. The van der Waals surface area contributed by atoms with Gasteiger partial charge in [-0.1, -0.05) is 161 Å². The van der Waals surface area contributed by atoms with E-state index in [1.54, 1.807) is 6.92 Å². The molecular weight excluding hydrogens is 380 g/mol. The van der Waals surface area contributed by atoms with Crippen LogP contribution < -0.4 is 0 Å². The zero-order valence-electron chi connectivity index (χ0n) is 22.0. The normalized spacial score (nSPS) is 10.8. The third-order valence-corrected chi connectivity index (χ3v) is 6.26. The topological polar surface area (TPSA) is 40.5 Å². The highest BCUT2D eigenvalue weighted by Crippen LogP contribution is 2.15. The van der Waals surface area contributed by atoms with Crippen molar-refractivity contribution in [2.45, 2.75) is 174 Å². The summed E-state index contributed by atoms with van der Waals surface area (Å²) < 4.78 is 0. The second-order valence-corrected chi connectivity index (χ2v) is 9.53. The maximum absolute atomic E-state index is 8.74. The molecule has 0 aromatic carbocycles. The van der Waals surface area contributed by atoms with Gasteiger partial charge in [0.1, 0.15) is 0 Å². The van der Waals surface area contributed by atoms with Crippen molar-refractivity contribution in [3.05, 3.63) is 0 Å². The molecule has 0 aliphatic heterocycles. The van der Waals surface area contributed by atoms with Gasteiger partial charge in [-0.15, -0.1) is 0 Å². The molecular formula is C29H62O2. The fourth-order valence-corrected chi connectivity index (χ4v) is 4.25. The van der Waals surface area contributed by atoms with E-state index in [-0.39, 0.29) is 6.61 Å². The molecule has 0 radical (unpaired) electrons. The summed E-state index contributed by atoms with van der Waals surface area (Å²) >= 11 is 0. The first-order valence-electron chi connectivity index (χ1n) is 14.5. The zero-order valence-corrected chi connectivity index (χ0v) is 22.0. The molecule has 0 amide bonds. The Kier molecular flexibility index (Phi) is 36.9. The van der Waals surface area contributed by atoms with Crippen LogP contribution in [0.4, 0.5) is 0 Å². The Labute approximate surface area is 198 Å². The molecule has 0 rings (SSSR count). The molecule has 2 heteroatoms. The minimum absolute atomic E-state index is 0.250. The van der Waals surface area contributed by atoms with E-state index in [1.165, 1.54) is 154 Å². The molecule has 0 bridgehead atoms. The van der Waals surface area contributed by atoms with E-state index in [2.05, 4.69) is 6.92 Å². The van der Waals surface area contributed by atoms with E-state index in [1.807, 2.05) is 0 Å². The van der Waals surface area contributed by atoms with Gasteiger partial charge in [-0.25, -0.2) is 0 Å². The van der Waals surface area contributed by atoms with Gasteiger partial charge in [-0.2, -0.15) is 0 Å². The van der Waals surface area contributed by atoms with Crippen molar-refractivity contribution >= 4 is 0 Å². The number of rotatable bonds is 25. The van der Waals surface area contributed by atoms with Crippen molar-refractivity contribution in [2.75, 3.05) is 13.2 Å². The van der Waals surface area contributed by atoms with Gasteiger partial charge < -0.3 is 10.2 Å². The van der Waals surface area contributed by atoms with Gasteiger partial charge in [0, 0.05) is 13.2 Å². The Bertz CT molecular complexity index is 241. The monoisotopic (exact) mass is 442 g/mol. The van der Waals surface area contributed by atoms with Gasteiger partial charge in [-0.05, 0) is 13.3 Å². The summed E-state index contributed by atoms with van der Waals surface area (Å²) in [6.45, 7) is 4.60. The maximum Gasteiger partial charge on any atom is 0.0431 e. The fraction of sp³-hybridized carbons (Fsp3) is 1.00. The van der Waals surface area contributed by atoms with Crippen LogP contribution in [0, 0.1) is 0 Å². The van der Waals surface area contributed by atoms with E-state index < -0.39 is 0 Å². The Morgan fingerprint density at radius 3 is 0.613 bits per heavy atom. The first-order chi connectivity index (χ1) is 15.3. The zero-order chi connectivity index (χ0) is 23.1. The third-order valence-electron chi connectivity index (χ3n) is 6.26. The van der Waals surface area contributed by atoms with Crippen LogP contribution in [0.5, 0.6) is 0 Å². The summed E-state index contributed by atoms with van der Waals surface area (Å²) in [4.78, 5) is 0. The summed E-state index contributed by atoms with van der Waals surface area (Å²) in [6.07, 6.45) is 35.6. The van der Waals surface area contributed by atoms with Crippen LogP contribution in [0.2, 0.25) is 0 Å². The smallest absolute Gasteiger partial charge is 0.0431 e. The van der Waals surface area contributed by atoms with Crippen LogP contribution in [0.15, 0.2) is 0 Å². The van der Waals surface area contributed by atoms with Crippen molar-refractivity contribution in [3.63, 3.8) is 0 Å². The first-order valence-corrected chi connectivity index (χ1v) is 14.5. The predicted molar refractivity (Wildman–Crippen MR) is 141 cm³/mol. The summed E-state index contributed by atoms with van der Waals surface area (Å²) in [6, 6.07) is 0. The van der Waals surface area contributed by atoms with Gasteiger partial charge in [0.05, 0.1) is 0 Å². The molecule has 0 fully saturated rings. The van der Waals surface area contributed by atoms with Crippen molar-refractivity contribution in [3.8, 4) is 0 Å². The molecule has 31 heavy (non-hydrogen) atoms. The Morgan fingerprint density at radius 1 is 0.290 bits per heavy atom. The van der Waals surface area contributed by atoms with Crippen LogP contribution in [0.25, 0.3) is 0 Å². The molecule has 0 aliphatic rings. The second-order valence-electron chi connectivity index (χ2n) is 9.53. The van der Waals surface area contributed by atoms with Crippen LogP contribution in [-0.2, 0) is 0 Å². The van der Waals surface area contributed by atoms with E-state index in [4.69, 9.17) is 10.2 Å². The summed E-state index contributed by atoms with van der Waals surface area (Å²) in [7, 11) is 0. The average molecular weight is 443 g/mol. The molecule has 0 aliphatic carbocycles. The lowest BCUT2D eigenvalue weighted by atomic mass is 10.0. The molecule has 0 spiro atoms. The van der Waals surface area contributed by atoms with E-state index >= 15 is 0 Å². The Hall–Kier alpha value is -0.0800. The maximum atomic E-state index is 8.74. The lowest BCUT2D eigenvalue weighted by molar-refractivity contribution is 0.282. The average Bonchev–Trinajstić information content (AvgIpc) is 2.77. The molecule has 0 atom stereocenters. The standard InChI is InChI=1S/C27H56O.C2H6O/c1-2-3-4-5-6-7-8-9-10-11-12-13-14-15-16-17-18-19-20-21-22-23-24-25-26-27-28;1-2-3/h28H,2-27H2,1H3;3H,2H2,1H3. The number of hydrogen-bond acceptors (Lipinski definition) is 2. The van der Waals surface area contributed by atoms with E-state index in [0.717, 1.165) is 6.42 Å². The van der Waals surface area contributed by atoms with Gasteiger partial charge in [0.2, 0.25) is 0 Å². The fourth-order valence-electron chi connectivity index (χ4n) is 4.25. The van der Waals surface area contributed by atoms with Gasteiger partial charge in [0.25, 0.3) is 0 Å². The first kappa shape index (κ1) is 33.1. The minimum atomic E-state index is 0.250. The third kappa shape index (κ3) is 37.6. The van der Waals surface area contributed by atoms with Gasteiger partial charge in [0.15, 0.2) is 0 Å². The van der Waals surface area contributed by atoms with Crippen LogP contribution in [0.1, 0.15) is 174 Å². The van der Waals surface area contributed by atoms with E-state index in [0.29, 0.717) is 6.61 Å².